The Bertz CT molecular complexity index is 414. The van der Waals surface area contributed by atoms with Gasteiger partial charge in [0.2, 0.25) is 0 Å². The van der Waals surface area contributed by atoms with Crippen molar-refractivity contribution in [2.75, 3.05) is 13.2 Å². The molecule has 0 amide bonds. The molecule has 0 spiro atoms. The molecular weight excluding hydrogens is 186 g/mol. The van der Waals surface area contributed by atoms with Crippen LogP contribution in [0.15, 0.2) is 22.8 Å². The molecule has 0 aromatic carbocycles. The number of carbonyl (C=O) groups excluding carboxylic acids is 1. The summed E-state index contributed by atoms with van der Waals surface area (Å²) in [6.07, 6.45) is 1.53. The molecular formula is C9H9NO4. The number of esters is 1. The fourth-order valence-corrected chi connectivity index (χ4v) is 1.17. The van der Waals surface area contributed by atoms with Crippen molar-refractivity contribution >= 4 is 17.1 Å². The number of furan rings is 1. The predicted octanol–water partition coefficient (Wildman–Crippen LogP) is 0.910. The molecule has 5 heteroatoms. The van der Waals surface area contributed by atoms with Gasteiger partial charge in [0.25, 0.3) is 0 Å². The Morgan fingerprint density at radius 2 is 2.50 bits per heavy atom. The number of nitrogens with one attached hydrogen (secondary N) is 1. The summed E-state index contributed by atoms with van der Waals surface area (Å²) >= 11 is 0. The highest BCUT2D eigenvalue weighted by atomic mass is 16.5. The summed E-state index contributed by atoms with van der Waals surface area (Å²) in [5.41, 5.74) is 1.69. The number of aliphatic hydroxyl groups is 1. The fourth-order valence-electron chi connectivity index (χ4n) is 1.17. The zero-order valence-electron chi connectivity index (χ0n) is 7.32. The lowest BCUT2D eigenvalue weighted by molar-refractivity contribution is 0.0428. The van der Waals surface area contributed by atoms with Gasteiger partial charge in [-0.1, -0.05) is 0 Å². The predicted molar refractivity (Wildman–Crippen MR) is 47.9 cm³/mol. The van der Waals surface area contributed by atoms with Gasteiger partial charge in [0, 0.05) is 12.1 Å². The second-order valence-electron chi connectivity index (χ2n) is 2.74. The van der Waals surface area contributed by atoms with E-state index in [0.717, 1.165) is 5.52 Å². The number of ether oxygens (including phenoxy) is 1. The summed E-state index contributed by atoms with van der Waals surface area (Å²) < 4.78 is 9.78. The summed E-state index contributed by atoms with van der Waals surface area (Å²) in [6.45, 7) is -0.179. The minimum Gasteiger partial charge on any atom is -0.463 e. The van der Waals surface area contributed by atoms with Crippen LogP contribution in [0.1, 0.15) is 10.5 Å². The van der Waals surface area contributed by atoms with E-state index in [4.69, 9.17) is 14.3 Å². The van der Waals surface area contributed by atoms with Gasteiger partial charge in [-0.15, -0.1) is 0 Å². The van der Waals surface area contributed by atoms with Crippen LogP contribution in [0.4, 0.5) is 0 Å². The van der Waals surface area contributed by atoms with Crippen LogP contribution in [-0.4, -0.2) is 29.3 Å². The lowest BCUT2D eigenvalue weighted by Gasteiger charge is -1.98. The maximum Gasteiger partial charge on any atom is 0.354 e. The molecule has 0 aliphatic carbocycles. The van der Waals surface area contributed by atoms with Gasteiger partial charge in [-0.25, -0.2) is 4.79 Å². The molecule has 14 heavy (non-hydrogen) atoms. The number of aliphatic hydroxyl groups excluding tert-OH is 1. The number of aromatic amines is 1. The summed E-state index contributed by atoms with van der Waals surface area (Å²) in [4.78, 5) is 14.1. The SMILES string of the molecule is O=C(OCCO)c1cc2occc2[nH]1. The molecule has 0 aliphatic rings. The van der Waals surface area contributed by atoms with Crippen LogP contribution in [0.25, 0.3) is 11.1 Å². The molecule has 0 radical (unpaired) electrons. The van der Waals surface area contributed by atoms with Gasteiger partial charge >= 0.3 is 5.97 Å². The van der Waals surface area contributed by atoms with Crippen LogP contribution in [0.5, 0.6) is 0 Å². The number of hydrogen-bond acceptors (Lipinski definition) is 4. The Hall–Kier alpha value is -1.75. The lowest BCUT2D eigenvalue weighted by atomic mass is 10.4. The van der Waals surface area contributed by atoms with E-state index in [1.54, 1.807) is 12.1 Å². The van der Waals surface area contributed by atoms with Crippen molar-refractivity contribution in [1.29, 1.82) is 0 Å². The van der Waals surface area contributed by atoms with E-state index < -0.39 is 5.97 Å². The van der Waals surface area contributed by atoms with E-state index in [1.807, 2.05) is 0 Å². The van der Waals surface area contributed by atoms with Crippen molar-refractivity contribution in [3.63, 3.8) is 0 Å². The molecule has 74 valence electrons. The summed E-state index contributed by atoms with van der Waals surface area (Å²) in [7, 11) is 0. The van der Waals surface area contributed by atoms with Gasteiger partial charge in [-0.3, -0.25) is 0 Å². The lowest BCUT2D eigenvalue weighted by Crippen LogP contribution is -2.08. The first kappa shape index (κ1) is 8.83. The van der Waals surface area contributed by atoms with Crippen LogP contribution >= 0.6 is 0 Å². The highest BCUT2D eigenvalue weighted by molar-refractivity contribution is 5.93. The number of hydrogen-bond donors (Lipinski definition) is 2. The first-order valence-corrected chi connectivity index (χ1v) is 4.15. The molecule has 0 atom stereocenters. The summed E-state index contributed by atoms with van der Waals surface area (Å²) in [5.74, 6) is -0.495. The third-order valence-electron chi connectivity index (χ3n) is 1.78. The molecule has 2 aromatic heterocycles. The molecule has 2 heterocycles. The highest BCUT2D eigenvalue weighted by Gasteiger charge is 2.11. The average molecular weight is 195 g/mol. The number of rotatable bonds is 3. The smallest absolute Gasteiger partial charge is 0.354 e. The molecule has 0 aliphatic heterocycles. The minimum atomic E-state index is -0.495. The zero-order chi connectivity index (χ0) is 9.97. The number of H-pyrrole nitrogens is 1. The average Bonchev–Trinajstić information content (AvgIpc) is 2.72. The molecule has 2 rings (SSSR count). The van der Waals surface area contributed by atoms with Gasteiger partial charge in [0.15, 0.2) is 5.58 Å². The van der Waals surface area contributed by atoms with E-state index in [9.17, 15) is 4.79 Å². The Balaban J connectivity index is 2.18. The second-order valence-corrected chi connectivity index (χ2v) is 2.74. The van der Waals surface area contributed by atoms with Gasteiger partial charge in [0.1, 0.15) is 12.3 Å². The highest BCUT2D eigenvalue weighted by Crippen LogP contribution is 2.16. The molecule has 2 aromatic rings. The van der Waals surface area contributed by atoms with Gasteiger partial charge < -0.3 is 19.2 Å². The third kappa shape index (κ3) is 1.49. The van der Waals surface area contributed by atoms with Gasteiger partial charge in [0.05, 0.1) is 18.4 Å². The molecule has 0 bridgehead atoms. The van der Waals surface area contributed by atoms with Crippen LogP contribution < -0.4 is 0 Å². The first-order chi connectivity index (χ1) is 6.81. The zero-order valence-corrected chi connectivity index (χ0v) is 7.32. The van der Waals surface area contributed by atoms with Gasteiger partial charge in [-0.2, -0.15) is 0 Å². The summed E-state index contributed by atoms with van der Waals surface area (Å²) in [5, 5.41) is 8.46. The monoisotopic (exact) mass is 195 g/mol. The van der Waals surface area contributed by atoms with Crippen molar-refractivity contribution in [2.45, 2.75) is 0 Å². The minimum absolute atomic E-state index is 0.000777. The molecule has 0 unspecified atom stereocenters. The quantitative estimate of drug-likeness (QED) is 0.714. The first-order valence-electron chi connectivity index (χ1n) is 4.15. The van der Waals surface area contributed by atoms with Crippen LogP contribution in [0.2, 0.25) is 0 Å². The van der Waals surface area contributed by atoms with E-state index >= 15 is 0 Å². The largest absolute Gasteiger partial charge is 0.463 e. The normalized spacial score (nSPS) is 10.6. The van der Waals surface area contributed by atoms with E-state index in [2.05, 4.69) is 4.98 Å². The summed E-state index contributed by atoms with van der Waals surface area (Å²) in [6, 6.07) is 3.28. The van der Waals surface area contributed by atoms with E-state index in [1.165, 1.54) is 6.26 Å². The Morgan fingerprint density at radius 3 is 3.21 bits per heavy atom. The van der Waals surface area contributed by atoms with Gasteiger partial charge in [-0.05, 0) is 0 Å². The maximum atomic E-state index is 11.3. The van der Waals surface area contributed by atoms with Crippen molar-refractivity contribution in [1.82, 2.24) is 4.98 Å². The number of fused-ring (bicyclic) bond motifs is 1. The van der Waals surface area contributed by atoms with Crippen molar-refractivity contribution in [3.8, 4) is 0 Å². The Morgan fingerprint density at radius 1 is 1.64 bits per heavy atom. The van der Waals surface area contributed by atoms with Crippen LogP contribution in [0, 0.1) is 0 Å². The van der Waals surface area contributed by atoms with Crippen molar-refractivity contribution in [2.24, 2.45) is 0 Å². The van der Waals surface area contributed by atoms with Crippen molar-refractivity contribution < 1.29 is 19.1 Å². The second kappa shape index (κ2) is 3.55. The Labute approximate surface area is 79.3 Å². The molecule has 2 N–H and O–H groups in total. The Kier molecular flexibility index (Phi) is 2.24. The number of carbonyl (C=O) groups is 1. The van der Waals surface area contributed by atoms with Crippen LogP contribution in [-0.2, 0) is 4.74 Å². The van der Waals surface area contributed by atoms with Crippen molar-refractivity contribution in [3.05, 3.63) is 24.1 Å². The number of aromatic nitrogens is 1. The molecule has 0 saturated carbocycles. The topological polar surface area (TPSA) is 75.5 Å². The van der Waals surface area contributed by atoms with E-state index in [-0.39, 0.29) is 13.2 Å². The molecule has 0 saturated heterocycles. The van der Waals surface area contributed by atoms with Crippen LogP contribution in [0.3, 0.4) is 0 Å². The molecule has 5 nitrogen and oxygen atoms in total. The fraction of sp³-hybridized carbons (Fsp3) is 0.222. The maximum absolute atomic E-state index is 11.3. The molecule has 0 fully saturated rings. The van der Waals surface area contributed by atoms with E-state index in [0.29, 0.717) is 11.3 Å². The third-order valence-corrected chi connectivity index (χ3v) is 1.78. The standard InChI is InChI=1S/C9H9NO4/c11-2-4-14-9(12)7-5-8-6(10-7)1-3-13-8/h1,3,5,10-11H,2,4H2.